The van der Waals surface area contributed by atoms with E-state index in [1.807, 2.05) is 0 Å². The van der Waals surface area contributed by atoms with Crippen LogP contribution < -0.4 is 14.2 Å². The molecule has 9 heteroatoms. The van der Waals surface area contributed by atoms with Crippen molar-refractivity contribution in [3.8, 4) is 28.4 Å². The molecule has 0 fully saturated rings. The van der Waals surface area contributed by atoms with Crippen LogP contribution in [0.3, 0.4) is 0 Å². The Morgan fingerprint density at radius 1 is 0.806 bits per heavy atom. The Morgan fingerprint density at radius 2 is 1.47 bits per heavy atom. The molecule has 0 spiro atoms. The summed E-state index contributed by atoms with van der Waals surface area (Å²) in [4.78, 5) is 34.6. The van der Waals surface area contributed by atoms with E-state index >= 15 is 0 Å². The highest BCUT2D eigenvalue weighted by atomic mass is 19.1. The Kier molecular flexibility index (Phi) is 10.7. The Bertz CT molecular complexity index is 1140. The first-order chi connectivity index (χ1) is 17.1. The van der Waals surface area contributed by atoms with E-state index in [2.05, 4.69) is 13.2 Å². The number of carbonyl (C=O) groups is 3. The summed E-state index contributed by atoms with van der Waals surface area (Å²) in [6.07, 6.45) is 0.242. The van der Waals surface area contributed by atoms with Crippen LogP contribution in [-0.2, 0) is 23.9 Å². The van der Waals surface area contributed by atoms with E-state index in [1.54, 1.807) is 38.1 Å². The van der Waals surface area contributed by atoms with Gasteiger partial charge in [-0.1, -0.05) is 26.1 Å². The van der Waals surface area contributed by atoms with Gasteiger partial charge in [0.15, 0.2) is 11.6 Å². The molecule has 2 rings (SSSR count). The molecule has 0 heterocycles. The lowest BCUT2D eigenvalue weighted by Crippen LogP contribution is -2.13. The van der Waals surface area contributed by atoms with Crippen molar-refractivity contribution in [2.75, 3.05) is 26.4 Å². The van der Waals surface area contributed by atoms with Gasteiger partial charge >= 0.3 is 17.9 Å². The van der Waals surface area contributed by atoms with E-state index < -0.39 is 17.8 Å². The zero-order valence-corrected chi connectivity index (χ0v) is 20.6. The van der Waals surface area contributed by atoms with Crippen molar-refractivity contribution < 1.29 is 42.5 Å². The lowest BCUT2D eigenvalue weighted by molar-refractivity contribution is -0.144. The van der Waals surface area contributed by atoms with Gasteiger partial charge < -0.3 is 23.7 Å². The summed E-state index contributed by atoms with van der Waals surface area (Å²) in [5.41, 5.74) is 1.40. The number of carbonyl (C=O) groups excluding carboxylic acids is 3. The summed E-state index contributed by atoms with van der Waals surface area (Å²) in [6, 6.07) is 9.01. The van der Waals surface area contributed by atoms with Gasteiger partial charge in [0, 0.05) is 29.2 Å². The van der Waals surface area contributed by atoms with E-state index in [0.717, 1.165) is 0 Å². The number of benzene rings is 2. The molecular formula is C27H29FO8. The fraction of sp³-hybridized carbons (Fsp3) is 0.296. The first kappa shape index (κ1) is 28.1. The molecule has 0 aliphatic carbocycles. The van der Waals surface area contributed by atoms with Gasteiger partial charge in [-0.3, -0.25) is 4.79 Å². The molecule has 0 unspecified atom stereocenters. The minimum atomic E-state index is -0.746. The van der Waals surface area contributed by atoms with Crippen LogP contribution >= 0.6 is 0 Å². The molecule has 0 atom stereocenters. The first-order valence-corrected chi connectivity index (χ1v) is 11.2. The van der Waals surface area contributed by atoms with Gasteiger partial charge in [-0.2, -0.15) is 0 Å². The summed E-state index contributed by atoms with van der Waals surface area (Å²) in [6.45, 7) is 11.9. The van der Waals surface area contributed by atoms with Crippen molar-refractivity contribution in [3.63, 3.8) is 0 Å². The molecule has 0 aliphatic heterocycles. The van der Waals surface area contributed by atoms with Gasteiger partial charge in [0.1, 0.15) is 37.9 Å². The minimum absolute atomic E-state index is 0.0200. The third-order valence-electron chi connectivity index (χ3n) is 4.57. The molecule has 0 aliphatic rings. The standard InChI is InChI=1S/C27H29FO8/c1-6-25(29)34-13-12-33-24-16-20(32-11-14-35-26(30)17(2)3)8-9-21(24)19-7-10-23(22(28)15-19)36-27(31)18(4)5/h7-10,15-16H,2,4,6,11-14H2,1,3,5H3. The molecule has 0 saturated heterocycles. The minimum Gasteiger partial charge on any atom is -0.490 e. The molecule has 0 aromatic heterocycles. The average Bonchev–Trinajstić information content (AvgIpc) is 2.85. The van der Waals surface area contributed by atoms with Gasteiger partial charge in [0.2, 0.25) is 0 Å². The normalized spacial score (nSPS) is 10.2. The van der Waals surface area contributed by atoms with Gasteiger partial charge in [-0.05, 0) is 43.7 Å². The second-order valence-electron chi connectivity index (χ2n) is 7.66. The van der Waals surface area contributed by atoms with Crippen molar-refractivity contribution in [3.05, 3.63) is 66.5 Å². The smallest absolute Gasteiger partial charge is 0.338 e. The van der Waals surface area contributed by atoms with Gasteiger partial charge in [-0.15, -0.1) is 0 Å². The van der Waals surface area contributed by atoms with E-state index in [0.29, 0.717) is 22.6 Å². The number of halogens is 1. The van der Waals surface area contributed by atoms with Gasteiger partial charge in [-0.25, -0.2) is 14.0 Å². The van der Waals surface area contributed by atoms with Crippen LogP contribution in [0.2, 0.25) is 0 Å². The number of rotatable bonds is 13. The monoisotopic (exact) mass is 500 g/mol. The fourth-order valence-electron chi connectivity index (χ4n) is 2.71. The van der Waals surface area contributed by atoms with Crippen molar-refractivity contribution >= 4 is 17.9 Å². The van der Waals surface area contributed by atoms with E-state index in [4.69, 9.17) is 23.7 Å². The molecule has 0 amide bonds. The number of hydrogen-bond donors (Lipinski definition) is 0. The maximum Gasteiger partial charge on any atom is 0.338 e. The largest absolute Gasteiger partial charge is 0.490 e. The molecule has 192 valence electrons. The Hall–Kier alpha value is -4.14. The third kappa shape index (κ3) is 8.57. The molecule has 2 aromatic carbocycles. The molecule has 8 nitrogen and oxygen atoms in total. The summed E-state index contributed by atoms with van der Waals surface area (Å²) in [5, 5.41) is 0. The van der Waals surface area contributed by atoms with Crippen molar-refractivity contribution in [1.82, 2.24) is 0 Å². The molecule has 0 N–H and O–H groups in total. The van der Waals surface area contributed by atoms with Crippen molar-refractivity contribution in [2.24, 2.45) is 0 Å². The summed E-state index contributed by atoms with van der Waals surface area (Å²) < 4.78 is 41.1. The number of hydrogen-bond acceptors (Lipinski definition) is 8. The zero-order chi connectivity index (χ0) is 26.7. The molecule has 0 saturated carbocycles. The van der Waals surface area contributed by atoms with Crippen molar-refractivity contribution in [2.45, 2.75) is 27.2 Å². The molecule has 2 aromatic rings. The predicted molar refractivity (Wildman–Crippen MR) is 130 cm³/mol. The van der Waals surface area contributed by atoms with E-state index in [-0.39, 0.29) is 55.7 Å². The summed E-state index contributed by atoms with van der Waals surface area (Å²) >= 11 is 0. The van der Waals surface area contributed by atoms with Crippen LogP contribution in [0, 0.1) is 5.82 Å². The average molecular weight is 501 g/mol. The molecule has 0 radical (unpaired) electrons. The van der Waals surface area contributed by atoms with Crippen LogP contribution in [-0.4, -0.2) is 44.3 Å². The third-order valence-corrected chi connectivity index (χ3v) is 4.57. The van der Waals surface area contributed by atoms with Gasteiger partial charge in [0.05, 0.1) is 0 Å². The highest BCUT2D eigenvalue weighted by Gasteiger charge is 2.15. The van der Waals surface area contributed by atoms with Crippen LogP contribution in [0.4, 0.5) is 4.39 Å². The first-order valence-electron chi connectivity index (χ1n) is 11.2. The van der Waals surface area contributed by atoms with E-state index in [1.165, 1.54) is 19.1 Å². The Morgan fingerprint density at radius 3 is 2.11 bits per heavy atom. The van der Waals surface area contributed by atoms with Crippen LogP contribution in [0.15, 0.2) is 60.7 Å². The van der Waals surface area contributed by atoms with E-state index in [9.17, 15) is 18.8 Å². The highest BCUT2D eigenvalue weighted by Crippen LogP contribution is 2.35. The number of ether oxygens (including phenoxy) is 5. The maximum absolute atomic E-state index is 14.7. The van der Waals surface area contributed by atoms with Crippen LogP contribution in [0.1, 0.15) is 27.2 Å². The lowest BCUT2D eigenvalue weighted by Gasteiger charge is -2.15. The Balaban J connectivity index is 2.21. The summed E-state index contributed by atoms with van der Waals surface area (Å²) in [7, 11) is 0. The van der Waals surface area contributed by atoms with Crippen molar-refractivity contribution in [1.29, 1.82) is 0 Å². The summed E-state index contributed by atoms with van der Waals surface area (Å²) in [5.74, 6) is -1.83. The SMILES string of the molecule is C=C(C)C(=O)OCCOc1ccc(-c2ccc(OC(=O)C(=C)C)c(F)c2)c(OCCOC(=O)CC)c1. The van der Waals surface area contributed by atoms with Gasteiger partial charge in [0.25, 0.3) is 0 Å². The number of esters is 3. The highest BCUT2D eigenvalue weighted by molar-refractivity contribution is 5.89. The maximum atomic E-state index is 14.7. The molecular weight excluding hydrogens is 471 g/mol. The molecule has 36 heavy (non-hydrogen) atoms. The zero-order valence-electron chi connectivity index (χ0n) is 20.6. The second kappa shape index (κ2) is 13.7. The quantitative estimate of drug-likeness (QED) is 0.167. The topological polar surface area (TPSA) is 97.4 Å². The Labute approximate surface area is 209 Å². The predicted octanol–water partition coefficient (Wildman–Crippen LogP) is 4.80. The second-order valence-corrected chi connectivity index (χ2v) is 7.66. The van der Waals surface area contributed by atoms with Crippen LogP contribution in [0.25, 0.3) is 11.1 Å². The molecule has 0 bridgehead atoms. The van der Waals surface area contributed by atoms with Crippen LogP contribution in [0.5, 0.6) is 17.2 Å². The fourth-order valence-corrected chi connectivity index (χ4v) is 2.71. The lowest BCUT2D eigenvalue weighted by atomic mass is 10.0.